The van der Waals surface area contributed by atoms with E-state index in [2.05, 4.69) is 36.4 Å². The van der Waals surface area contributed by atoms with Gasteiger partial charge in [0.25, 0.3) is 0 Å². The van der Waals surface area contributed by atoms with Crippen LogP contribution in [0.4, 0.5) is 0 Å². The molecule has 0 aliphatic rings. The van der Waals surface area contributed by atoms with Crippen LogP contribution in [0, 0.1) is 0 Å². The molecule has 48 heavy (non-hydrogen) atoms. The van der Waals surface area contributed by atoms with Crippen molar-refractivity contribution >= 4 is 63.1 Å². The highest BCUT2D eigenvalue weighted by molar-refractivity contribution is 8.30. The molecule has 0 N–H and O–H groups in total. The highest BCUT2D eigenvalue weighted by Gasteiger charge is 2.51. The van der Waals surface area contributed by atoms with E-state index < -0.39 is 21.2 Å². The van der Waals surface area contributed by atoms with Crippen LogP contribution >= 0.6 is 21.2 Å². The minimum atomic E-state index is -3.90. The molecule has 0 spiro atoms. The van der Waals surface area contributed by atoms with E-state index in [9.17, 15) is 0 Å². The van der Waals surface area contributed by atoms with Gasteiger partial charge >= 0.3 is 0 Å². The van der Waals surface area contributed by atoms with Crippen molar-refractivity contribution in [1.82, 2.24) is 0 Å². The Kier molecular flexibility index (Phi) is 9.17. The number of rotatable bonds is 9. The Morgan fingerprint density at radius 1 is 0.250 bits per heavy atom. The third-order valence-electron chi connectivity index (χ3n) is 8.77. The number of hydrogen-bond donors (Lipinski definition) is 0. The molecule has 7 rings (SSSR count). The zero-order chi connectivity index (χ0) is 32.9. The fraction of sp³-hybridized carbons (Fsp3) is 0. The van der Waals surface area contributed by atoms with Gasteiger partial charge in [-0.25, -0.2) is 0 Å². The molecule has 0 radical (unpaired) electrons. The monoisotopic (exact) mass is 676 g/mol. The summed E-state index contributed by atoms with van der Waals surface area (Å²) in [5, 5.41) is 5.62. The summed E-state index contributed by atoms with van der Waals surface area (Å²) in [6, 6.07) is 69.9. The van der Waals surface area contributed by atoms with Crippen LogP contribution in [0.2, 0.25) is 0 Å². The third kappa shape index (κ3) is 5.41. The molecule has 0 aromatic heterocycles. The van der Waals surface area contributed by atoms with Crippen molar-refractivity contribution in [3.63, 3.8) is 0 Å². The Bertz CT molecular complexity index is 1970. The lowest BCUT2D eigenvalue weighted by Gasteiger charge is -2.40. The van der Waals surface area contributed by atoms with Crippen LogP contribution in [0.5, 0.6) is 0 Å². The molecule has 0 unspecified atom stereocenters. The first-order valence-electron chi connectivity index (χ1n) is 16.0. The SMILES string of the molecule is O=P(C(P(=O)(c1ccccc1)c1ccccc1)=P(c1ccccc1)(c1ccccc1)c1ccccc1)(c1ccccc1)c1ccccc1. The summed E-state index contributed by atoms with van der Waals surface area (Å²) in [7, 11) is -7.80. The lowest BCUT2D eigenvalue weighted by molar-refractivity contribution is 0.591. The van der Waals surface area contributed by atoms with Crippen molar-refractivity contribution in [3.8, 4) is 0 Å². The fourth-order valence-corrected chi connectivity index (χ4v) is 23.8. The van der Waals surface area contributed by atoms with E-state index in [0.717, 1.165) is 15.9 Å². The highest BCUT2D eigenvalue weighted by atomic mass is 31.2. The van der Waals surface area contributed by atoms with Crippen LogP contribution in [0.1, 0.15) is 0 Å². The maximum Gasteiger partial charge on any atom is 0.176 e. The van der Waals surface area contributed by atoms with Gasteiger partial charge < -0.3 is 9.13 Å². The summed E-state index contributed by atoms with van der Waals surface area (Å²) in [5.74, 6) is 0. The van der Waals surface area contributed by atoms with Gasteiger partial charge in [-0.2, -0.15) is 0 Å². The highest BCUT2D eigenvalue weighted by Crippen LogP contribution is 2.71. The molecule has 7 aromatic rings. The Labute approximate surface area is 283 Å². The second-order valence-electron chi connectivity index (χ2n) is 11.5. The molecule has 0 saturated heterocycles. The zero-order valence-corrected chi connectivity index (χ0v) is 29.0. The van der Waals surface area contributed by atoms with E-state index in [-0.39, 0.29) is 0 Å². The van der Waals surface area contributed by atoms with Crippen LogP contribution < -0.4 is 37.1 Å². The molecule has 0 bridgehead atoms. The summed E-state index contributed by atoms with van der Waals surface area (Å²) >= 11 is 0. The van der Waals surface area contributed by atoms with Gasteiger partial charge in [0.2, 0.25) is 0 Å². The number of hydrogen-bond acceptors (Lipinski definition) is 2. The van der Waals surface area contributed by atoms with Crippen molar-refractivity contribution in [1.29, 1.82) is 0 Å². The van der Waals surface area contributed by atoms with Crippen LogP contribution in [-0.2, 0) is 9.13 Å². The molecule has 0 atom stereocenters. The van der Waals surface area contributed by atoms with Crippen LogP contribution in [0.15, 0.2) is 212 Å². The topological polar surface area (TPSA) is 34.1 Å². The first-order valence-corrected chi connectivity index (χ1v) is 21.2. The molecule has 234 valence electrons. The molecule has 0 aliphatic heterocycles. The maximum atomic E-state index is 17.3. The van der Waals surface area contributed by atoms with Crippen molar-refractivity contribution in [2.45, 2.75) is 0 Å². The van der Waals surface area contributed by atoms with E-state index in [1.54, 1.807) is 0 Å². The van der Waals surface area contributed by atoms with Gasteiger partial charge in [-0.3, -0.25) is 0 Å². The molecule has 0 fully saturated rings. The summed E-state index contributed by atoms with van der Waals surface area (Å²) in [5.41, 5.74) is 0. The third-order valence-corrected chi connectivity index (χ3v) is 23.0. The van der Waals surface area contributed by atoms with Gasteiger partial charge in [0.1, 0.15) is 0 Å². The van der Waals surface area contributed by atoms with Gasteiger partial charge in [0, 0.05) is 21.2 Å². The minimum Gasteiger partial charge on any atom is -0.308 e. The van der Waals surface area contributed by atoms with Crippen LogP contribution in [-0.4, -0.2) is 4.78 Å². The predicted molar refractivity (Wildman–Crippen MR) is 210 cm³/mol. The van der Waals surface area contributed by atoms with Gasteiger partial charge in [0.05, 0.1) is 4.78 Å². The van der Waals surface area contributed by atoms with Crippen molar-refractivity contribution < 1.29 is 9.13 Å². The van der Waals surface area contributed by atoms with E-state index in [4.69, 9.17) is 0 Å². The zero-order valence-electron chi connectivity index (χ0n) is 26.4. The summed E-state index contributed by atoms with van der Waals surface area (Å²) in [4.78, 5) is 0. The Morgan fingerprint density at radius 2 is 0.417 bits per heavy atom. The average molecular weight is 677 g/mol. The predicted octanol–water partition coefficient (Wildman–Crippen LogP) is 8.10. The standard InChI is InChI=1S/C43H35O2P3/c44-47(39-28-14-4-15-29-39,40-30-16-5-17-31-40)43(48(45,41-32-18-6-19-33-41)42-34-20-7-21-35-42)46(36-22-8-1-9-23-36,37-24-10-2-11-25-37)38-26-12-3-13-27-38/h1-35H. The molecule has 7 aromatic carbocycles. The molecule has 2 nitrogen and oxygen atoms in total. The smallest absolute Gasteiger partial charge is 0.176 e. The molecule has 0 heterocycles. The maximum absolute atomic E-state index is 17.3. The van der Waals surface area contributed by atoms with Gasteiger partial charge in [0.15, 0.2) is 14.3 Å². The first-order chi connectivity index (χ1) is 23.6. The van der Waals surface area contributed by atoms with Gasteiger partial charge in [-0.15, -0.1) is 0 Å². The minimum absolute atomic E-state index is 0.584. The number of benzene rings is 7. The molecular formula is C43H35O2P3. The first kappa shape index (κ1) is 31.9. The van der Waals surface area contributed by atoms with Gasteiger partial charge in [-0.05, 0) is 22.8 Å². The summed E-state index contributed by atoms with van der Waals surface area (Å²) in [6.45, 7) is -3.18. The van der Waals surface area contributed by atoms with Crippen molar-refractivity contribution in [3.05, 3.63) is 212 Å². The lowest BCUT2D eigenvalue weighted by Crippen LogP contribution is -2.37. The van der Waals surface area contributed by atoms with Crippen molar-refractivity contribution in [2.24, 2.45) is 0 Å². The largest absolute Gasteiger partial charge is 0.308 e. The fourth-order valence-electron chi connectivity index (χ4n) is 6.68. The summed E-state index contributed by atoms with van der Waals surface area (Å²) < 4.78 is 35.2. The molecule has 0 aliphatic carbocycles. The summed E-state index contributed by atoms with van der Waals surface area (Å²) in [6.07, 6.45) is 0. The Hall–Kier alpha value is -4.70. The van der Waals surface area contributed by atoms with E-state index >= 15 is 9.13 Å². The second kappa shape index (κ2) is 13.8. The molecule has 5 heteroatoms. The van der Waals surface area contributed by atoms with E-state index in [1.165, 1.54) is 0 Å². The van der Waals surface area contributed by atoms with E-state index in [0.29, 0.717) is 26.0 Å². The van der Waals surface area contributed by atoms with Crippen LogP contribution in [0.25, 0.3) is 0 Å². The second-order valence-corrected chi connectivity index (χ2v) is 21.3. The van der Waals surface area contributed by atoms with E-state index in [1.807, 2.05) is 176 Å². The molecule has 0 amide bonds. The molecular weight excluding hydrogens is 641 g/mol. The quantitative estimate of drug-likeness (QED) is 0.145. The normalized spacial score (nSPS) is 11.9. The van der Waals surface area contributed by atoms with Crippen LogP contribution in [0.3, 0.4) is 0 Å². The lowest BCUT2D eigenvalue weighted by atomic mass is 10.4. The molecule has 0 saturated carbocycles. The Morgan fingerprint density at radius 3 is 0.604 bits per heavy atom. The Balaban J connectivity index is 1.90. The average Bonchev–Trinajstić information content (AvgIpc) is 3.19. The van der Waals surface area contributed by atoms with Gasteiger partial charge in [-0.1, -0.05) is 212 Å². The van der Waals surface area contributed by atoms with Crippen molar-refractivity contribution in [2.75, 3.05) is 0 Å².